The Balaban J connectivity index is 2.23. The fraction of sp³-hybridized carbons (Fsp3) is 0.308. The Morgan fingerprint density at radius 3 is 2.84 bits per heavy atom. The molecule has 6 heteroatoms. The fourth-order valence-corrected chi connectivity index (χ4v) is 1.77. The van der Waals surface area contributed by atoms with Gasteiger partial charge in [-0.3, -0.25) is 9.59 Å². The van der Waals surface area contributed by atoms with Gasteiger partial charge in [0.05, 0.1) is 13.7 Å². The minimum absolute atomic E-state index is 0.227. The number of hydrazone groups is 1. The van der Waals surface area contributed by atoms with Gasteiger partial charge in [-0.05, 0) is 19.1 Å². The molecule has 0 aromatic heterocycles. The van der Waals surface area contributed by atoms with E-state index in [2.05, 4.69) is 5.10 Å². The van der Waals surface area contributed by atoms with Crippen molar-refractivity contribution in [2.75, 3.05) is 18.7 Å². The van der Waals surface area contributed by atoms with Crippen LogP contribution in [0, 0.1) is 5.92 Å². The van der Waals surface area contributed by atoms with Gasteiger partial charge in [0.15, 0.2) is 5.92 Å². The number of carbonyl (C=O) groups is 2. The number of carbonyl (C=O) groups excluding carboxylic acids is 2. The van der Waals surface area contributed by atoms with Crippen LogP contribution in [0.2, 0.25) is 0 Å². The Labute approximate surface area is 110 Å². The van der Waals surface area contributed by atoms with E-state index in [1.807, 2.05) is 0 Å². The van der Waals surface area contributed by atoms with Gasteiger partial charge in [0.1, 0.15) is 11.4 Å². The van der Waals surface area contributed by atoms with E-state index in [4.69, 9.17) is 9.47 Å². The number of para-hydroxylation sites is 2. The molecule has 1 aromatic rings. The zero-order valence-electron chi connectivity index (χ0n) is 10.7. The molecule has 1 atom stereocenters. The summed E-state index contributed by atoms with van der Waals surface area (Å²) >= 11 is 0. The van der Waals surface area contributed by atoms with Crippen molar-refractivity contribution in [2.45, 2.75) is 6.92 Å². The average molecular weight is 262 g/mol. The smallest absolute Gasteiger partial charge is 0.324 e. The number of esters is 1. The molecule has 1 aliphatic heterocycles. The molecule has 1 heterocycles. The molecule has 1 aliphatic rings. The lowest BCUT2D eigenvalue weighted by molar-refractivity contribution is -0.147. The number of hydrogen-bond donors (Lipinski definition) is 0. The van der Waals surface area contributed by atoms with E-state index < -0.39 is 17.8 Å². The Bertz CT molecular complexity index is 527. The lowest BCUT2D eigenvalue weighted by Gasteiger charge is -2.16. The first-order chi connectivity index (χ1) is 9.19. The quantitative estimate of drug-likeness (QED) is 0.604. The van der Waals surface area contributed by atoms with Crippen LogP contribution >= 0.6 is 0 Å². The molecule has 0 saturated carbocycles. The number of ether oxygens (including phenoxy) is 2. The van der Waals surface area contributed by atoms with Gasteiger partial charge in [-0.2, -0.15) is 10.1 Å². The second-order valence-electron chi connectivity index (χ2n) is 3.82. The molecule has 1 unspecified atom stereocenters. The van der Waals surface area contributed by atoms with E-state index in [1.165, 1.54) is 13.3 Å². The summed E-state index contributed by atoms with van der Waals surface area (Å²) < 4.78 is 9.99. The lowest BCUT2D eigenvalue weighted by atomic mass is 10.1. The highest BCUT2D eigenvalue weighted by molar-refractivity contribution is 6.20. The summed E-state index contributed by atoms with van der Waals surface area (Å²) in [5.74, 6) is -1.50. The first kappa shape index (κ1) is 13.1. The Kier molecular flexibility index (Phi) is 3.79. The van der Waals surface area contributed by atoms with Crippen LogP contribution in [0.1, 0.15) is 6.92 Å². The molecule has 0 spiro atoms. The van der Waals surface area contributed by atoms with E-state index in [9.17, 15) is 9.59 Å². The van der Waals surface area contributed by atoms with E-state index in [0.29, 0.717) is 11.4 Å². The van der Waals surface area contributed by atoms with Crippen molar-refractivity contribution in [3.8, 4) is 5.75 Å². The van der Waals surface area contributed by atoms with E-state index >= 15 is 0 Å². The normalized spacial score (nSPS) is 17.7. The summed E-state index contributed by atoms with van der Waals surface area (Å²) in [4.78, 5) is 23.7. The van der Waals surface area contributed by atoms with Crippen LogP contribution < -0.4 is 9.75 Å². The molecule has 0 N–H and O–H groups in total. The number of rotatable bonds is 4. The zero-order chi connectivity index (χ0) is 13.8. The largest absolute Gasteiger partial charge is 0.494 e. The standard InChI is InChI=1S/C13H14N2O4/c1-3-19-13(17)9-8-14-15(12(9)16)10-6-4-5-7-11(10)18-2/h4-9H,3H2,1-2H3. The van der Waals surface area contributed by atoms with Crippen molar-refractivity contribution in [1.82, 2.24) is 0 Å². The van der Waals surface area contributed by atoms with Gasteiger partial charge in [-0.1, -0.05) is 12.1 Å². The van der Waals surface area contributed by atoms with Crippen LogP contribution in [-0.2, 0) is 14.3 Å². The number of amides is 1. The Morgan fingerprint density at radius 1 is 1.42 bits per heavy atom. The minimum atomic E-state index is -0.982. The number of hydrogen-bond acceptors (Lipinski definition) is 5. The monoisotopic (exact) mass is 262 g/mol. The maximum Gasteiger partial charge on any atom is 0.324 e. The molecular formula is C13H14N2O4. The van der Waals surface area contributed by atoms with Crippen molar-refractivity contribution in [2.24, 2.45) is 11.0 Å². The van der Waals surface area contributed by atoms with Gasteiger partial charge in [-0.25, -0.2) is 0 Å². The van der Waals surface area contributed by atoms with Crippen LogP contribution in [0.25, 0.3) is 0 Å². The summed E-state index contributed by atoms with van der Waals surface area (Å²) in [6.07, 6.45) is 1.28. The zero-order valence-corrected chi connectivity index (χ0v) is 10.7. The first-order valence-electron chi connectivity index (χ1n) is 5.86. The van der Waals surface area contributed by atoms with Gasteiger partial charge in [-0.15, -0.1) is 0 Å². The second-order valence-corrected chi connectivity index (χ2v) is 3.82. The van der Waals surface area contributed by atoms with Gasteiger partial charge >= 0.3 is 5.97 Å². The maximum atomic E-state index is 12.1. The maximum absolute atomic E-state index is 12.1. The van der Waals surface area contributed by atoms with Crippen molar-refractivity contribution in [3.63, 3.8) is 0 Å². The summed E-state index contributed by atoms with van der Waals surface area (Å²) in [7, 11) is 1.51. The van der Waals surface area contributed by atoms with Crippen LogP contribution in [0.3, 0.4) is 0 Å². The molecule has 6 nitrogen and oxygen atoms in total. The molecular weight excluding hydrogens is 248 g/mol. The number of benzene rings is 1. The highest BCUT2D eigenvalue weighted by Crippen LogP contribution is 2.30. The number of anilines is 1. The summed E-state index contributed by atoms with van der Waals surface area (Å²) in [6.45, 7) is 1.91. The third-order valence-electron chi connectivity index (χ3n) is 2.66. The summed E-state index contributed by atoms with van der Waals surface area (Å²) in [6, 6.07) is 6.96. The molecule has 0 bridgehead atoms. The molecule has 0 fully saturated rings. The molecule has 100 valence electrons. The van der Waals surface area contributed by atoms with E-state index in [0.717, 1.165) is 5.01 Å². The van der Waals surface area contributed by atoms with E-state index in [-0.39, 0.29) is 6.61 Å². The highest BCUT2D eigenvalue weighted by Gasteiger charge is 2.37. The first-order valence-corrected chi connectivity index (χ1v) is 5.86. The Hall–Kier alpha value is -2.37. The van der Waals surface area contributed by atoms with Gasteiger partial charge < -0.3 is 9.47 Å². The van der Waals surface area contributed by atoms with Gasteiger partial charge in [0, 0.05) is 6.21 Å². The van der Waals surface area contributed by atoms with Crippen LogP contribution in [0.5, 0.6) is 5.75 Å². The highest BCUT2D eigenvalue weighted by atomic mass is 16.5. The molecule has 19 heavy (non-hydrogen) atoms. The van der Waals surface area contributed by atoms with Crippen molar-refractivity contribution in [1.29, 1.82) is 0 Å². The van der Waals surface area contributed by atoms with Crippen molar-refractivity contribution < 1.29 is 19.1 Å². The molecule has 1 amide bonds. The SMILES string of the molecule is CCOC(=O)C1C=NN(c2ccccc2OC)C1=O. The molecule has 0 saturated heterocycles. The van der Waals surface area contributed by atoms with Crippen LogP contribution in [0.4, 0.5) is 5.69 Å². The number of methoxy groups -OCH3 is 1. The molecule has 2 rings (SSSR count). The van der Waals surface area contributed by atoms with Crippen molar-refractivity contribution >= 4 is 23.8 Å². The number of nitrogens with zero attached hydrogens (tertiary/aromatic N) is 2. The minimum Gasteiger partial charge on any atom is -0.494 e. The summed E-state index contributed by atoms with van der Waals surface area (Å²) in [5, 5.41) is 5.11. The average Bonchev–Trinajstić information content (AvgIpc) is 2.80. The van der Waals surface area contributed by atoms with Crippen LogP contribution in [-0.4, -0.2) is 31.8 Å². The van der Waals surface area contributed by atoms with Crippen molar-refractivity contribution in [3.05, 3.63) is 24.3 Å². The van der Waals surface area contributed by atoms with Crippen LogP contribution in [0.15, 0.2) is 29.4 Å². The predicted octanol–water partition coefficient (Wildman–Crippen LogP) is 1.21. The summed E-state index contributed by atoms with van der Waals surface area (Å²) in [5.41, 5.74) is 0.498. The topological polar surface area (TPSA) is 68.2 Å². The molecule has 1 aromatic carbocycles. The second kappa shape index (κ2) is 5.51. The van der Waals surface area contributed by atoms with Gasteiger partial charge in [0.2, 0.25) is 0 Å². The fourth-order valence-electron chi connectivity index (χ4n) is 1.77. The third-order valence-corrected chi connectivity index (χ3v) is 2.66. The van der Waals surface area contributed by atoms with E-state index in [1.54, 1.807) is 31.2 Å². The predicted molar refractivity (Wildman–Crippen MR) is 69.1 cm³/mol. The van der Waals surface area contributed by atoms with Gasteiger partial charge in [0.25, 0.3) is 5.91 Å². The lowest BCUT2D eigenvalue weighted by Crippen LogP contribution is -2.32. The Morgan fingerprint density at radius 2 is 2.16 bits per heavy atom. The molecule has 0 radical (unpaired) electrons. The third kappa shape index (κ3) is 2.42. The molecule has 0 aliphatic carbocycles.